The molecule has 0 radical (unpaired) electrons. The summed E-state index contributed by atoms with van der Waals surface area (Å²) in [6, 6.07) is 4.86. The number of rotatable bonds is 6. The largest absolute Gasteiger partial charge is 0.481 e. The van der Waals surface area contributed by atoms with Crippen LogP contribution in [0.25, 0.3) is 11.5 Å². The van der Waals surface area contributed by atoms with E-state index in [1.54, 1.807) is 19.1 Å². The lowest BCUT2D eigenvalue weighted by atomic mass is 10.1. The third-order valence-corrected chi connectivity index (χ3v) is 2.64. The molecular weight excluding hydrogens is 264 g/mol. The Bertz CT molecular complexity index is 588. The maximum Gasteiger partial charge on any atom is 0.303 e. The second kappa shape index (κ2) is 6.05. The van der Waals surface area contributed by atoms with Crippen molar-refractivity contribution < 1.29 is 23.6 Å². The number of nitrogens with zero attached hydrogens (tertiary/aromatic N) is 1. The number of carbonyl (C=O) groups excluding carboxylic acids is 1. The van der Waals surface area contributed by atoms with Gasteiger partial charge in [0.1, 0.15) is 0 Å². The van der Waals surface area contributed by atoms with E-state index in [9.17, 15) is 9.59 Å². The number of hydrogen-bond acceptors (Lipinski definition) is 5. The van der Waals surface area contributed by atoms with Crippen molar-refractivity contribution in [1.82, 2.24) is 10.5 Å². The van der Waals surface area contributed by atoms with E-state index < -0.39 is 11.9 Å². The topological polar surface area (TPSA) is 106 Å². The van der Waals surface area contributed by atoms with Gasteiger partial charge in [0.2, 0.25) is 5.76 Å². The molecule has 2 aromatic rings. The molecule has 0 aliphatic heterocycles. The van der Waals surface area contributed by atoms with Gasteiger partial charge in [-0.1, -0.05) is 12.1 Å². The quantitative estimate of drug-likeness (QED) is 0.834. The predicted octanol–water partition coefficient (Wildman–Crippen LogP) is 1.78. The molecule has 7 nitrogen and oxygen atoms in total. The van der Waals surface area contributed by atoms with Crippen LogP contribution in [-0.2, 0) is 4.79 Å². The number of nitrogens with one attached hydrogen (secondary N) is 1. The van der Waals surface area contributed by atoms with E-state index in [1.807, 2.05) is 0 Å². The predicted molar refractivity (Wildman–Crippen MR) is 68.0 cm³/mol. The minimum atomic E-state index is -0.895. The fraction of sp³-hybridized carbons (Fsp3) is 0.308. The molecule has 0 aliphatic rings. The lowest BCUT2D eigenvalue weighted by Crippen LogP contribution is -2.29. The van der Waals surface area contributed by atoms with E-state index in [2.05, 4.69) is 10.5 Å². The zero-order valence-electron chi connectivity index (χ0n) is 10.8. The highest BCUT2D eigenvalue weighted by molar-refractivity contribution is 5.92. The lowest BCUT2D eigenvalue weighted by molar-refractivity contribution is -0.137. The summed E-state index contributed by atoms with van der Waals surface area (Å²) >= 11 is 0. The second-order valence-corrected chi connectivity index (χ2v) is 4.47. The Balaban J connectivity index is 1.92. The molecule has 0 saturated heterocycles. The van der Waals surface area contributed by atoms with Crippen molar-refractivity contribution in [2.24, 2.45) is 5.92 Å². The third-order valence-electron chi connectivity index (χ3n) is 2.64. The van der Waals surface area contributed by atoms with Crippen LogP contribution in [0.2, 0.25) is 0 Å². The van der Waals surface area contributed by atoms with Crippen molar-refractivity contribution in [2.75, 3.05) is 6.54 Å². The maximum atomic E-state index is 11.8. The lowest BCUT2D eigenvalue weighted by Gasteiger charge is -2.08. The number of amides is 1. The van der Waals surface area contributed by atoms with Gasteiger partial charge in [0.05, 0.1) is 6.26 Å². The van der Waals surface area contributed by atoms with Crippen LogP contribution in [0.3, 0.4) is 0 Å². The van der Waals surface area contributed by atoms with Crippen LogP contribution in [0.5, 0.6) is 0 Å². The smallest absolute Gasteiger partial charge is 0.303 e. The molecule has 0 aromatic carbocycles. The van der Waals surface area contributed by atoms with Gasteiger partial charge in [-0.3, -0.25) is 9.59 Å². The van der Waals surface area contributed by atoms with E-state index in [0.717, 1.165) is 0 Å². The summed E-state index contributed by atoms with van der Waals surface area (Å²) in [6.07, 6.45) is 1.49. The highest BCUT2D eigenvalue weighted by atomic mass is 16.5. The first-order chi connectivity index (χ1) is 9.56. The van der Waals surface area contributed by atoms with Gasteiger partial charge in [-0.25, -0.2) is 0 Å². The minimum Gasteiger partial charge on any atom is -0.481 e. The van der Waals surface area contributed by atoms with Gasteiger partial charge < -0.3 is 19.4 Å². The van der Waals surface area contributed by atoms with Gasteiger partial charge in [0.25, 0.3) is 5.91 Å². The third kappa shape index (κ3) is 3.47. The first kappa shape index (κ1) is 13.9. The molecule has 20 heavy (non-hydrogen) atoms. The fourth-order valence-corrected chi connectivity index (χ4v) is 1.64. The van der Waals surface area contributed by atoms with Crippen LogP contribution < -0.4 is 5.32 Å². The zero-order valence-corrected chi connectivity index (χ0v) is 10.8. The van der Waals surface area contributed by atoms with Crippen LogP contribution in [0.1, 0.15) is 23.8 Å². The molecule has 2 N–H and O–H groups in total. The van der Waals surface area contributed by atoms with Crippen LogP contribution in [-0.4, -0.2) is 28.7 Å². The Morgan fingerprint density at radius 1 is 1.45 bits per heavy atom. The average molecular weight is 278 g/mol. The summed E-state index contributed by atoms with van der Waals surface area (Å²) in [7, 11) is 0. The van der Waals surface area contributed by atoms with E-state index >= 15 is 0 Å². The van der Waals surface area contributed by atoms with Crippen molar-refractivity contribution in [3.05, 3.63) is 30.2 Å². The molecule has 0 spiro atoms. The summed E-state index contributed by atoms with van der Waals surface area (Å²) in [5.74, 6) is -0.625. The van der Waals surface area contributed by atoms with Gasteiger partial charge in [-0.2, -0.15) is 0 Å². The van der Waals surface area contributed by atoms with Crippen LogP contribution in [0, 0.1) is 5.92 Å². The first-order valence-electron chi connectivity index (χ1n) is 6.07. The molecule has 0 bridgehead atoms. The Hall–Kier alpha value is -2.57. The highest BCUT2D eigenvalue weighted by Crippen LogP contribution is 2.20. The number of carboxylic acids is 1. The van der Waals surface area contributed by atoms with Gasteiger partial charge in [0.15, 0.2) is 11.5 Å². The first-order valence-corrected chi connectivity index (χ1v) is 6.07. The minimum absolute atomic E-state index is 0.00323. The van der Waals surface area contributed by atoms with Gasteiger partial charge in [-0.15, -0.1) is 0 Å². The van der Waals surface area contributed by atoms with Crippen molar-refractivity contribution in [3.63, 3.8) is 0 Å². The normalized spacial score (nSPS) is 12.1. The fourth-order valence-electron chi connectivity index (χ4n) is 1.64. The van der Waals surface area contributed by atoms with Crippen molar-refractivity contribution >= 4 is 11.9 Å². The Morgan fingerprint density at radius 2 is 2.25 bits per heavy atom. The molecule has 106 valence electrons. The molecule has 1 unspecified atom stereocenters. The molecule has 0 aliphatic carbocycles. The Kier molecular flexibility index (Phi) is 4.19. The molecular formula is C13H14N2O5. The number of carboxylic acid groups (broad SMARTS) is 1. The maximum absolute atomic E-state index is 11.8. The number of carbonyl (C=O) groups is 2. The van der Waals surface area contributed by atoms with Crippen molar-refractivity contribution in [2.45, 2.75) is 13.3 Å². The Labute approximate surface area is 114 Å². The summed E-state index contributed by atoms with van der Waals surface area (Å²) in [5, 5.41) is 14.9. The van der Waals surface area contributed by atoms with Gasteiger partial charge >= 0.3 is 5.97 Å². The van der Waals surface area contributed by atoms with E-state index in [4.69, 9.17) is 14.0 Å². The Morgan fingerprint density at radius 3 is 2.90 bits per heavy atom. The summed E-state index contributed by atoms with van der Waals surface area (Å²) in [6.45, 7) is 2.00. The second-order valence-electron chi connectivity index (χ2n) is 4.47. The van der Waals surface area contributed by atoms with Crippen LogP contribution in [0.4, 0.5) is 0 Å². The number of aliphatic carboxylic acids is 1. The molecule has 1 atom stereocenters. The van der Waals surface area contributed by atoms with Gasteiger partial charge in [-0.05, 0) is 18.1 Å². The van der Waals surface area contributed by atoms with E-state index in [1.165, 1.54) is 12.3 Å². The van der Waals surface area contributed by atoms with E-state index in [0.29, 0.717) is 11.5 Å². The van der Waals surface area contributed by atoms with Crippen molar-refractivity contribution in [1.29, 1.82) is 0 Å². The highest BCUT2D eigenvalue weighted by Gasteiger charge is 2.16. The van der Waals surface area contributed by atoms with Gasteiger partial charge in [0, 0.05) is 19.0 Å². The molecule has 0 fully saturated rings. The average Bonchev–Trinajstić information content (AvgIpc) is 3.04. The van der Waals surface area contributed by atoms with Crippen LogP contribution >= 0.6 is 0 Å². The van der Waals surface area contributed by atoms with Crippen molar-refractivity contribution in [3.8, 4) is 11.5 Å². The molecule has 0 saturated carbocycles. The SMILES string of the molecule is CC(CNC(=O)c1cc(-c2ccco2)on1)CC(=O)O. The summed E-state index contributed by atoms with van der Waals surface area (Å²) in [5.41, 5.74) is 0.124. The number of aromatic nitrogens is 1. The van der Waals surface area contributed by atoms with Crippen LogP contribution in [0.15, 0.2) is 33.4 Å². The molecule has 7 heteroatoms. The standard InChI is InChI=1S/C13H14N2O5/c1-8(5-12(16)17)7-14-13(18)9-6-11(20-15-9)10-3-2-4-19-10/h2-4,6,8H,5,7H2,1H3,(H,14,18)(H,16,17). The number of hydrogen-bond donors (Lipinski definition) is 2. The molecule has 2 aromatic heterocycles. The number of furan rings is 1. The summed E-state index contributed by atoms with van der Waals surface area (Å²) in [4.78, 5) is 22.3. The summed E-state index contributed by atoms with van der Waals surface area (Å²) < 4.78 is 10.1. The van der Waals surface area contributed by atoms with E-state index in [-0.39, 0.29) is 24.6 Å². The molecule has 2 rings (SSSR count). The zero-order chi connectivity index (χ0) is 14.5. The monoisotopic (exact) mass is 278 g/mol. The molecule has 2 heterocycles. The molecule has 1 amide bonds.